The minimum atomic E-state index is -0.259. The Morgan fingerprint density at radius 1 is 0.583 bits per heavy atom. The van der Waals surface area contributed by atoms with Crippen LogP contribution in [0.15, 0.2) is 190 Å². The van der Waals surface area contributed by atoms with Crippen LogP contribution in [0, 0.1) is 0 Å². The third-order valence-electron chi connectivity index (χ3n) is 13.0. The number of amidine groups is 2. The molecule has 0 amide bonds. The van der Waals surface area contributed by atoms with Crippen LogP contribution in [0.4, 0.5) is 0 Å². The van der Waals surface area contributed by atoms with Crippen LogP contribution in [0.25, 0.3) is 55.4 Å². The summed E-state index contributed by atoms with van der Waals surface area (Å²) in [4.78, 5) is 15.1. The zero-order valence-corrected chi connectivity index (χ0v) is 33.4. The van der Waals surface area contributed by atoms with Gasteiger partial charge in [-0.05, 0) is 86.3 Å². The van der Waals surface area contributed by atoms with Crippen LogP contribution in [-0.4, -0.2) is 16.7 Å². The number of nitrogens with zero attached hydrogens (tertiary/aromatic N) is 3. The third-order valence-corrected chi connectivity index (χ3v) is 13.0. The molecule has 2 unspecified atom stereocenters. The zero-order chi connectivity index (χ0) is 40.0. The van der Waals surface area contributed by atoms with Crippen molar-refractivity contribution < 1.29 is 4.42 Å². The molecule has 0 radical (unpaired) electrons. The van der Waals surface area contributed by atoms with Crippen LogP contribution in [0.2, 0.25) is 0 Å². The fourth-order valence-corrected chi connectivity index (χ4v) is 9.97. The minimum Gasteiger partial charge on any atom is -0.456 e. The summed E-state index contributed by atoms with van der Waals surface area (Å²) < 4.78 is 6.53. The number of nitrogens with one attached hydrogen (secondary N) is 1. The summed E-state index contributed by atoms with van der Waals surface area (Å²) in [6.07, 6.45) is 2.52. The fraction of sp³-hybridized carbons (Fsp3) is 0.109. The number of aromatic nitrogens is 1. The Balaban J connectivity index is 0.927. The van der Waals surface area contributed by atoms with Gasteiger partial charge in [0.05, 0.1) is 11.1 Å². The van der Waals surface area contributed by atoms with Gasteiger partial charge in [-0.1, -0.05) is 159 Å². The molecule has 9 aromatic rings. The lowest BCUT2D eigenvalue weighted by molar-refractivity contribution is 0.657. The van der Waals surface area contributed by atoms with E-state index < -0.39 is 0 Å². The van der Waals surface area contributed by atoms with Crippen LogP contribution >= 0.6 is 0 Å². The number of hydrogen-bond donors (Lipinski definition) is 1. The number of fused-ring (bicyclic) bond motifs is 9. The van der Waals surface area contributed by atoms with Gasteiger partial charge in [-0.15, -0.1) is 0 Å². The second-order valence-corrected chi connectivity index (χ2v) is 16.8. The monoisotopic (exact) mass is 772 g/mol. The lowest BCUT2D eigenvalue weighted by atomic mass is 9.73. The molecule has 12 rings (SSSR count). The first-order valence-corrected chi connectivity index (χ1v) is 20.8. The van der Waals surface area contributed by atoms with E-state index in [-0.39, 0.29) is 17.5 Å². The summed E-state index contributed by atoms with van der Waals surface area (Å²) in [5, 5.41) is 5.66. The average molecular weight is 773 g/mol. The number of hydrogen-bond acceptors (Lipinski definition) is 5. The topological polar surface area (TPSA) is 62.8 Å². The van der Waals surface area contributed by atoms with E-state index in [4.69, 9.17) is 19.4 Å². The van der Waals surface area contributed by atoms with Crippen molar-refractivity contribution in [3.63, 3.8) is 0 Å². The van der Waals surface area contributed by atoms with Gasteiger partial charge in [0.2, 0.25) is 0 Å². The van der Waals surface area contributed by atoms with Crippen molar-refractivity contribution in [3.05, 3.63) is 221 Å². The highest BCUT2D eigenvalue weighted by atomic mass is 16.3. The molecule has 5 heteroatoms. The highest BCUT2D eigenvalue weighted by Gasteiger charge is 2.37. The molecule has 0 fully saturated rings. The van der Waals surface area contributed by atoms with Crippen LogP contribution < -0.4 is 5.32 Å². The number of benzene rings is 7. The lowest BCUT2D eigenvalue weighted by Gasteiger charge is -2.30. The standard InChI is InChI=1S/C55H40N4O/c1-55(2)46-20-12-11-19-41(46)44-32-43-38(31-47(44)55)30-42(39-17-9-10-18-40(39)43)37-25-26-48-45(29-37)50-49(60-48)27-28-56-51(50)33-21-23-36(24-22-33)54-58-52(34-13-5-3-6-14-34)57-53(59-54)35-15-7-4-8-16-35/h3-29,31-32,42,52H,30H2,1-2H3,(H,57,58,59). The molecular formula is C55H40N4O. The Kier molecular flexibility index (Phi) is 7.70. The minimum absolute atomic E-state index is 0.0480. The molecule has 5 nitrogen and oxygen atoms in total. The first kappa shape index (κ1) is 34.7. The molecule has 1 N–H and O–H groups in total. The smallest absolute Gasteiger partial charge is 0.159 e. The van der Waals surface area contributed by atoms with Gasteiger partial charge < -0.3 is 9.73 Å². The first-order chi connectivity index (χ1) is 29.5. The van der Waals surface area contributed by atoms with Crippen molar-refractivity contribution in [2.75, 3.05) is 0 Å². The fourth-order valence-electron chi connectivity index (χ4n) is 9.97. The molecule has 0 saturated carbocycles. The van der Waals surface area contributed by atoms with Gasteiger partial charge in [0.25, 0.3) is 0 Å². The van der Waals surface area contributed by atoms with Crippen molar-refractivity contribution >= 4 is 33.6 Å². The highest BCUT2D eigenvalue weighted by molar-refractivity contribution is 6.14. The zero-order valence-electron chi connectivity index (χ0n) is 33.4. The van der Waals surface area contributed by atoms with Gasteiger partial charge in [0, 0.05) is 39.6 Å². The molecule has 0 bridgehead atoms. The maximum atomic E-state index is 6.53. The van der Waals surface area contributed by atoms with Gasteiger partial charge in [-0.3, -0.25) is 4.98 Å². The average Bonchev–Trinajstić information content (AvgIpc) is 3.79. The largest absolute Gasteiger partial charge is 0.456 e. The highest BCUT2D eigenvalue weighted by Crippen LogP contribution is 2.53. The summed E-state index contributed by atoms with van der Waals surface area (Å²) in [7, 11) is 0. The van der Waals surface area contributed by atoms with Crippen LogP contribution in [-0.2, 0) is 11.8 Å². The Labute approximate surface area is 348 Å². The maximum absolute atomic E-state index is 6.53. The van der Waals surface area contributed by atoms with Crippen molar-refractivity contribution in [1.82, 2.24) is 10.3 Å². The second kappa shape index (κ2) is 13.3. The van der Waals surface area contributed by atoms with Gasteiger partial charge >= 0.3 is 0 Å². The molecule has 1 aliphatic heterocycles. The molecule has 2 atom stereocenters. The predicted octanol–water partition coefficient (Wildman–Crippen LogP) is 12.8. The number of aliphatic imine (C=N–C) groups is 2. The van der Waals surface area contributed by atoms with Gasteiger partial charge in [0.1, 0.15) is 23.2 Å². The molecule has 2 aromatic heterocycles. The van der Waals surface area contributed by atoms with E-state index in [2.05, 4.69) is 147 Å². The van der Waals surface area contributed by atoms with E-state index in [1.165, 1.54) is 50.1 Å². The van der Waals surface area contributed by atoms with Gasteiger partial charge in [-0.2, -0.15) is 0 Å². The summed E-state index contributed by atoms with van der Waals surface area (Å²) in [5.41, 5.74) is 18.9. The number of rotatable bonds is 5. The Hall–Kier alpha value is -7.37. The van der Waals surface area contributed by atoms with Gasteiger partial charge in [0.15, 0.2) is 5.84 Å². The first-order valence-electron chi connectivity index (χ1n) is 20.8. The SMILES string of the molecule is CC1(C)c2ccccc2-c2cc3c(cc21)CC(c1ccc2oc4ccnc(-c5ccc(C6=NC(c7ccccc7)NC(c7ccccc7)=N6)cc5)c4c2c1)c1ccccc1-3. The summed E-state index contributed by atoms with van der Waals surface area (Å²) in [6, 6.07) is 60.7. The van der Waals surface area contributed by atoms with Crippen LogP contribution in [0.1, 0.15) is 70.4 Å². The maximum Gasteiger partial charge on any atom is 0.159 e. The molecule has 7 aromatic carbocycles. The van der Waals surface area contributed by atoms with E-state index in [1.54, 1.807) is 0 Å². The molecule has 0 saturated heterocycles. The van der Waals surface area contributed by atoms with Crippen molar-refractivity contribution in [3.8, 4) is 33.5 Å². The molecule has 3 heterocycles. The summed E-state index contributed by atoms with van der Waals surface area (Å²) in [6.45, 7) is 4.74. The van der Waals surface area contributed by atoms with E-state index in [0.29, 0.717) is 5.84 Å². The second-order valence-electron chi connectivity index (χ2n) is 16.8. The van der Waals surface area contributed by atoms with Crippen molar-refractivity contribution in [1.29, 1.82) is 0 Å². The Morgan fingerprint density at radius 3 is 2.15 bits per heavy atom. The van der Waals surface area contributed by atoms with E-state index in [0.717, 1.165) is 62.1 Å². The number of pyridine rings is 1. The van der Waals surface area contributed by atoms with E-state index in [9.17, 15) is 0 Å². The predicted molar refractivity (Wildman–Crippen MR) is 244 cm³/mol. The molecule has 0 spiro atoms. The Morgan fingerprint density at radius 2 is 1.32 bits per heavy atom. The molecule has 2 aliphatic carbocycles. The molecule has 286 valence electrons. The quantitative estimate of drug-likeness (QED) is 0.189. The summed E-state index contributed by atoms with van der Waals surface area (Å²) >= 11 is 0. The van der Waals surface area contributed by atoms with Crippen LogP contribution in [0.5, 0.6) is 0 Å². The van der Waals surface area contributed by atoms with Crippen molar-refractivity contribution in [2.45, 2.75) is 37.8 Å². The lowest BCUT2D eigenvalue weighted by Crippen LogP contribution is -2.33. The molecule has 3 aliphatic rings. The number of furan rings is 1. The normalized spacial score (nSPS) is 17.2. The Bertz CT molecular complexity index is 3230. The molecule has 60 heavy (non-hydrogen) atoms. The van der Waals surface area contributed by atoms with E-state index >= 15 is 0 Å². The van der Waals surface area contributed by atoms with Gasteiger partial charge in [-0.25, -0.2) is 9.98 Å². The molecular weight excluding hydrogens is 733 g/mol. The van der Waals surface area contributed by atoms with Crippen molar-refractivity contribution in [2.24, 2.45) is 9.98 Å². The summed E-state index contributed by atoms with van der Waals surface area (Å²) in [5.74, 6) is 1.68. The van der Waals surface area contributed by atoms with E-state index in [1.807, 2.05) is 48.7 Å². The van der Waals surface area contributed by atoms with Crippen LogP contribution in [0.3, 0.4) is 0 Å². The third kappa shape index (κ3) is 5.42.